The number of aromatic nitrogens is 1. The van der Waals surface area contributed by atoms with E-state index in [1.807, 2.05) is 12.4 Å². The van der Waals surface area contributed by atoms with Crippen molar-refractivity contribution in [3.8, 4) is 22.6 Å². The van der Waals surface area contributed by atoms with Crippen molar-refractivity contribution in [3.05, 3.63) is 41.4 Å². The van der Waals surface area contributed by atoms with Gasteiger partial charge in [-0.05, 0) is 36.2 Å². The summed E-state index contributed by atoms with van der Waals surface area (Å²) >= 11 is 1.58. The van der Waals surface area contributed by atoms with Crippen molar-refractivity contribution in [1.82, 2.24) is 10.3 Å². The number of nitrogens with one attached hydrogen (secondary N) is 1. The zero-order valence-corrected chi connectivity index (χ0v) is 17.6. The third-order valence-corrected chi connectivity index (χ3v) is 6.87. The minimum atomic E-state index is -0.0568. The summed E-state index contributed by atoms with van der Waals surface area (Å²) in [7, 11) is 0. The smallest absolute Gasteiger partial charge is 0.220 e. The monoisotopic (exact) mass is 408 g/mol. The molecule has 3 heterocycles. The Kier molecular flexibility index (Phi) is 4.28. The number of hydrogen-bond donors (Lipinski definition) is 1. The lowest BCUT2D eigenvalue weighted by Gasteiger charge is -2.20. The molecule has 1 fully saturated rings. The van der Waals surface area contributed by atoms with Crippen molar-refractivity contribution in [3.63, 3.8) is 0 Å². The maximum Gasteiger partial charge on any atom is 0.220 e. The number of hydrogen-bond acceptors (Lipinski definition) is 5. The molecule has 0 unspecified atom stereocenters. The predicted octanol–water partition coefficient (Wildman–Crippen LogP) is 4.54. The van der Waals surface area contributed by atoms with Gasteiger partial charge in [0, 0.05) is 29.9 Å². The average molecular weight is 409 g/mol. The summed E-state index contributed by atoms with van der Waals surface area (Å²) in [6, 6.07) is 10.6. The highest BCUT2D eigenvalue weighted by Gasteiger charge is 2.32. The molecule has 0 spiro atoms. The van der Waals surface area contributed by atoms with Gasteiger partial charge in [-0.25, -0.2) is 4.98 Å². The molecule has 5 nitrogen and oxygen atoms in total. The van der Waals surface area contributed by atoms with Crippen LogP contribution < -0.4 is 14.8 Å². The van der Waals surface area contributed by atoms with Crippen LogP contribution in [0.15, 0.2) is 35.8 Å². The Morgan fingerprint density at radius 3 is 2.93 bits per heavy atom. The van der Waals surface area contributed by atoms with Gasteiger partial charge >= 0.3 is 0 Å². The van der Waals surface area contributed by atoms with Crippen molar-refractivity contribution >= 4 is 27.5 Å². The lowest BCUT2D eigenvalue weighted by Crippen LogP contribution is -2.25. The van der Waals surface area contributed by atoms with Gasteiger partial charge < -0.3 is 14.8 Å². The van der Waals surface area contributed by atoms with Crippen LogP contribution >= 0.6 is 11.3 Å². The number of thiazole rings is 1. The molecule has 2 atom stereocenters. The van der Waals surface area contributed by atoms with E-state index in [2.05, 4.69) is 54.5 Å². The fraction of sp³-hybridized carbons (Fsp3) is 0.391. The molecule has 0 bridgehead atoms. The predicted molar refractivity (Wildman–Crippen MR) is 115 cm³/mol. The van der Waals surface area contributed by atoms with Gasteiger partial charge in [-0.2, -0.15) is 0 Å². The van der Waals surface area contributed by atoms with Crippen LogP contribution in [0.5, 0.6) is 11.5 Å². The van der Waals surface area contributed by atoms with E-state index >= 15 is 0 Å². The number of benzene rings is 2. The second-order valence-corrected chi connectivity index (χ2v) is 9.50. The number of carbonyl (C=O) groups is 1. The Labute approximate surface area is 174 Å². The summed E-state index contributed by atoms with van der Waals surface area (Å²) in [5.74, 6) is 2.07. The number of amides is 1. The van der Waals surface area contributed by atoms with Crippen LogP contribution in [-0.2, 0) is 10.2 Å². The first-order valence-electron chi connectivity index (χ1n) is 9.99. The Balaban J connectivity index is 1.50. The van der Waals surface area contributed by atoms with Crippen LogP contribution in [0.3, 0.4) is 0 Å². The molecule has 1 N–H and O–H groups in total. The van der Waals surface area contributed by atoms with E-state index in [-0.39, 0.29) is 23.3 Å². The summed E-state index contributed by atoms with van der Waals surface area (Å²) in [6.07, 6.45) is 0.462. The van der Waals surface area contributed by atoms with Crippen LogP contribution in [0.25, 0.3) is 21.3 Å². The molecule has 6 heteroatoms. The van der Waals surface area contributed by atoms with E-state index in [0.29, 0.717) is 19.6 Å². The number of nitrogens with zero attached hydrogens (tertiary/aromatic N) is 1. The first-order valence-corrected chi connectivity index (χ1v) is 10.9. The number of rotatable bonds is 4. The standard InChI is InChI=1S/C23H24N2O3S/c1-13(16-9-21(26)24-10-16)28-20-8-15(6-18-22(20)29-12-25-18)14-4-5-17-19(7-14)27-11-23(17,2)3/h4-8,12-13,16H,9-11H2,1-3H3,(H,24,26)/t13-,16-/m1/s1. The minimum Gasteiger partial charge on any atom is -0.492 e. The van der Waals surface area contributed by atoms with E-state index in [1.54, 1.807) is 11.3 Å². The Hall–Kier alpha value is -2.60. The minimum absolute atomic E-state index is 0.0448. The highest BCUT2D eigenvalue weighted by atomic mass is 32.1. The SMILES string of the molecule is C[C@@H](Oc1cc(-c2ccc3c(c2)OCC3(C)C)cc2ncsc12)[C@H]1CNC(=O)C1. The molecule has 2 aromatic carbocycles. The first-order chi connectivity index (χ1) is 13.9. The Bertz CT molecular complexity index is 1100. The van der Waals surface area contributed by atoms with Crippen molar-refractivity contribution in [1.29, 1.82) is 0 Å². The number of fused-ring (bicyclic) bond motifs is 2. The van der Waals surface area contributed by atoms with Gasteiger partial charge in [-0.1, -0.05) is 26.0 Å². The van der Waals surface area contributed by atoms with E-state index in [4.69, 9.17) is 9.47 Å². The summed E-state index contributed by atoms with van der Waals surface area (Å²) in [5.41, 5.74) is 6.22. The van der Waals surface area contributed by atoms with Gasteiger partial charge in [0.2, 0.25) is 5.91 Å². The topological polar surface area (TPSA) is 60.5 Å². The molecule has 0 saturated carbocycles. The molecule has 1 saturated heterocycles. The van der Waals surface area contributed by atoms with Gasteiger partial charge in [-0.15, -0.1) is 11.3 Å². The molecule has 2 aliphatic heterocycles. The Morgan fingerprint density at radius 1 is 1.28 bits per heavy atom. The van der Waals surface area contributed by atoms with Gasteiger partial charge in [0.15, 0.2) is 0 Å². The Morgan fingerprint density at radius 2 is 2.14 bits per heavy atom. The van der Waals surface area contributed by atoms with Crippen LogP contribution in [-0.4, -0.2) is 30.1 Å². The molecule has 1 aromatic heterocycles. The number of ether oxygens (including phenoxy) is 2. The van der Waals surface area contributed by atoms with Crippen molar-refractivity contribution < 1.29 is 14.3 Å². The second-order valence-electron chi connectivity index (χ2n) is 8.65. The third-order valence-electron chi connectivity index (χ3n) is 6.02. The van der Waals surface area contributed by atoms with Gasteiger partial charge in [0.05, 0.1) is 22.3 Å². The van der Waals surface area contributed by atoms with Gasteiger partial charge in [-0.3, -0.25) is 4.79 Å². The fourth-order valence-corrected chi connectivity index (χ4v) is 4.89. The van der Waals surface area contributed by atoms with Crippen molar-refractivity contribution in [2.75, 3.05) is 13.2 Å². The largest absolute Gasteiger partial charge is 0.492 e. The molecule has 3 aromatic rings. The van der Waals surface area contributed by atoms with Crippen LogP contribution in [0.4, 0.5) is 0 Å². The second kappa shape index (κ2) is 6.73. The quantitative estimate of drug-likeness (QED) is 0.689. The van der Waals surface area contributed by atoms with Crippen LogP contribution in [0.1, 0.15) is 32.8 Å². The third kappa shape index (κ3) is 3.25. The van der Waals surface area contributed by atoms with Crippen molar-refractivity contribution in [2.24, 2.45) is 5.92 Å². The molecule has 0 radical (unpaired) electrons. The summed E-state index contributed by atoms with van der Waals surface area (Å²) in [5, 5.41) is 2.89. The highest BCUT2D eigenvalue weighted by Crippen LogP contribution is 2.42. The summed E-state index contributed by atoms with van der Waals surface area (Å²) in [4.78, 5) is 16.1. The molecule has 1 amide bonds. The van der Waals surface area contributed by atoms with Gasteiger partial charge in [0.1, 0.15) is 17.6 Å². The molecule has 29 heavy (non-hydrogen) atoms. The first kappa shape index (κ1) is 18.4. The van der Waals surface area contributed by atoms with Crippen LogP contribution in [0.2, 0.25) is 0 Å². The molecular formula is C23H24N2O3S. The van der Waals surface area contributed by atoms with E-state index in [9.17, 15) is 4.79 Å². The maximum atomic E-state index is 11.6. The lowest BCUT2D eigenvalue weighted by atomic mass is 9.86. The zero-order valence-electron chi connectivity index (χ0n) is 16.8. The number of carbonyl (C=O) groups excluding carboxylic acids is 1. The fourth-order valence-electron chi connectivity index (χ4n) is 4.16. The molecular weight excluding hydrogens is 384 g/mol. The molecule has 5 rings (SSSR count). The van der Waals surface area contributed by atoms with E-state index in [1.165, 1.54) is 5.56 Å². The highest BCUT2D eigenvalue weighted by molar-refractivity contribution is 7.17. The maximum absolute atomic E-state index is 11.6. The normalized spacial score (nSPS) is 20.9. The lowest BCUT2D eigenvalue weighted by molar-refractivity contribution is -0.119. The van der Waals surface area contributed by atoms with E-state index in [0.717, 1.165) is 32.8 Å². The summed E-state index contributed by atoms with van der Waals surface area (Å²) < 4.78 is 13.3. The average Bonchev–Trinajstić information content (AvgIpc) is 3.41. The van der Waals surface area contributed by atoms with E-state index < -0.39 is 0 Å². The van der Waals surface area contributed by atoms with Crippen LogP contribution in [0, 0.1) is 5.92 Å². The summed E-state index contributed by atoms with van der Waals surface area (Å²) in [6.45, 7) is 7.82. The molecule has 0 aliphatic carbocycles. The van der Waals surface area contributed by atoms with Crippen molar-refractivity contribution in [2.45, 2.75) is 38.7 Å². The molecule has 150 valence electrons. The molecule has 2 aliphatic rings. The zero-order chi connectivity index (χ0) is 20.2. The van der Waals surface area contributed by atoms with Gasteiger partial charge in [0.25, 0.3) is 0 Å².